The average Bonchev–Trinajstić information content (AvgIpc) is 2.95. The Morgan fingerprint density at radius 3 is 2.95 bits per heavy atom. The lowest BCUT2D eigenvalue weighted by atomic mass is 9.83. The maximum absolute atomic E-state index is 4.35. The molecular weight excluding hydrogens is 234 g/mol. The van der Waals surface area contributed by atoms with Crippen LogP contribution in [0.3, 0.4) is 0 Å². The molecule has 3 nitrogen and oxygen atoms in total. The van der Waals surface area contributed by atoms with Crippen molar-refractivity contribution in [3.63, 3.8) is 0 Å². The molecule has 1 atom stereocenters. The predicted molar refractivity (Wildman–Crippen MR) is 79.5 cm³/mol. The van der Waals surface area contributed by atoms with Gasteiger partial charge in [-0.3, -0.25) is 4.40 Å². The number of aromatic nitrogens is 2. The van der Waals surface area contributed by atoms with Gasteiger partial charge < -0.3 is 5.32 Å². The molecule has 2 heterocycles. The van der Waals surface area contributed by atoms with Crippen LogP contribution in [0, 0.1) is 5.92 Å². The third-order valence-electron chi connectivity index (χ3n) is 4.42. The molecule has 3 rings (SSSR count). The number of anilines is 1. The molecule has 0 amide bonds. The number of nitrogens with zero attached hydrogens (tertiary/aromatic N) is 2. The number of pyridine rings is 1. The second kappa shape index (κ2) is 5.64. The fourth-order valence-corrected chi connectivity index (χ4v) is 3.34. The van der Waals surface area contributed by atoms with Crippen LogP contribution in [0.25, 0.3) is 5.65 Å². The fourth-order valence-electron chi connectivity index (χ4n) is 3.34. The molecule has 0 radical (unpaired) electrons. The first-order valence-corrected chi connectivity index (χ1v) is 7.57. The second-order valence-corrected chi connectivity index (χ2v) is 5.62. The normalized spacial score (nSPS) is 18.6. The molecule has 0 bridgehead atoms. The van der Waals surface area contributed by atoms with Crippen molar-refractivity contribution in [1.82, 2.24) is 9.38 Å². The molecule has 0 spiro atoms. The van der Waals surface area contributed by atoms with Gasteiger partial charge in [0.05, 0.1) is 0 Å². The largest absolute Gasteiger partial charge is 0.368 e. The number of fused-ring (bicyclic) bond motifs is 1. The zero-order valence-corrected chi connectivity index (χ0v) is 11.7. The van der Waals surface area contributed by atoms with E-state index in [-0.39, 0.29) is 0 Å². The lowest BCUT2D eigenvalue weighted by Crippen LogP contribution is -2.30. The van der Waals surface area contributed by atoms with Crippen molar-refractivity contribution < 1.29 is 0 Å². The smallest absolute Gasteiger partial charge is 0.138 e. The summed E-state index contributed by atoms with van der Waals surface area (Å²) < 4.78 is 2.14. The first kappa shape index (κ1) is 12.5. The van der Waals surface area contributed by atoms with Gasteiger partial charge in [0, 0.05) is 18.4 Å². The summed E-state index contributed by atoms with van der Waals surface area (Å²) in [5.41, 5.74) is 1.02. The van der Waals surface area contributed by atoms with E-state index in [0.717, 1.165) is 11.6 Å². The highest BCUT2D eigenvalue weighted by molar-refractivity contribution is 5.50. The molecule has 0 aromatic carbocycles. The minimum absolute atomic E-state index is 0.591. The molecule has 1 aliphatic rings. The molecule has 3 heteroatoms. The van der Waals surface area contributed by atoms with Crippen LogP contribution in [-0.4, -0.2) is 15.4 Å². The van der Waals surface area contributed by atoms with Gasteiger partial charge in [0.25, 0.3) is 0 Å². The van der Waals surface area contributed by atoms with E-state index in [0.29, 0.717) is 6.04 Å². The first-order valence-electron chi connectivity index (χ1n) is 7.57. The molecule has 0 aliphatic heterocycles. The van der Waals surface area contributed by atoms with Crippen molar-refractivity contribution in [2.75, 3.05) is 5.32 Å². The zero-order chi connectivity index (χ0) is 13.1. The molecule has 19 heavy (non-hydrogen) atoms. The monoisotopic (exact) mass is 257 g/mol. The van der Waals surface area contributed by atoms with Crippen molar-refractivity contribution in [3.05, 3.63) is 30.6 Å². The summed E-state index contributed by atoms with van der Waals surface area (Å²) in [4.78, 5) is 4.35. The number of rotatable bonds is 4. The van der Waals surface area contributed by atoms with Crippen molar-refractivity contribution in [2.24, 2.45) is 5.92 Å². The molecule has 1 N–H and O–H groups in total. The van der Waals surface area contributed by atoms with Gasteiger partial charge in [0.2, 0.25) is 0 Å². The highest BCUT2D eigenvalue weighted by atomic mass is 15.1. The lowest BCUT2D eigenvalue weighted by Gasteiger charge is -2.31. The highest BCUT2D eigenvalue weighted by Gasteiger charge is 2.22. The van der Waals surface area contributed by atoms with Crippen LogP contribution in [0.15, 0.2) is 30.6 Å². The molecule has 102 valence electrons. The Balaban J connectivity index is 1.79. The van der Waals surface area contributed by atoms with Crippen LogP contribution >= 0.6 is 0 Å². The SMILES string of the molecule is CCC(Nc1cccc2nccn12)C1CCCCC1. The Morgan fingerprint density at radius 1 is 1.32 bits per heavy atom. The van der Waals surface area contributed by atoms with Gasteiger partial charge in [0.1, 0.15) is 11.5 Å². The van der Waals surface area contributed by atoms with Crippen molar-refractivity contribution in [2.45, 2.75) is 51.5 Å². The highest BCUT2D eigenvalue weighted by Crippen LogP contribution is 2.29. The second-order valence-electron chi connectivity index (χ2n) is 5.62. The minimum Gasteiger partial charge on any atom is -0.368 e. The van der Waals surface area contributed by atoms with Gasteiger partial charge in [0.15, 0.2) is 0 Å². The van der Waals surface area contributed by atoms with Crippen molar-refractivity contribution in [3.8, 4) is 0 Å². The molecule has 0 saturated heterocycles. The van der Waals surface area contributed by atoms with Crippen molar-refractivity contribution >= 4 is 11.5 Å². The molecule has 1 unspecified atom stereocenters. The van der Waals surface area contributed by atoms with Crippen LogP contribution in [0.4, 0.5) is 5.82 Å². The van der Waals surface area contributed by atoms with Gasteiger partial charge in [-0.2, -0.15) is 0 Å². The summed E-state index contributed by atoms with van der Waals surface area (Å²) in [6.45, 7) is 2.29. The molecule has 1 fully saturated rings. The summed E-state index contributed by atoms with van der Waals surface area (Å²) >= 11 is 0. The third kappa shape index (κ3) is 2.60. The molecule has 2 aromatic heterocycles. The summed E-state index contributed by atoms with van der Waals surface area (Å²) in [6, 6.07) is 6.87. The van der Waals surface area contributed by atoms with E-state index < -0.39 is 0 Å². The minimum atomic E-state index is 0.591. The number of imidazole rings is 1. The van der Waals surface area contributed by atoms with Gasteiger partial charge in [-0.05, 0) is 37.3 Å². The van der Waals surface area contributed by atoms with Crippen molar-refractivity contribution in [1.29, 1.82) is 0 Å². The van der Waals surface area contributed by atoms with Crippen LogP contribution in [0.5, 0.6) is 0 Å². The van der Waals surface area contributed by atoms with E-state index >= 15 is 0 Å². The summed E-state index contributed by atoms with van der Waals surface area (Å²) in [5.74, 6) is 2.00. The predicted octanol–water partition coefficient (Wildman–Crippen LogP) is 4.11. The van der Waals surface area contributed by atoms with E-state index in [1.54, 1.807) is 0 Å². The first-order chi connectivity index (χ1) is 9.38. The Hall–Kier alpha value is -1.51. The van der Waals surface area contributed by atoms with E-state index in [2.05, 4.69) is 33.8 Å². The molecule has 1 aliphatic carbocycles. The topological polar surface area (TPSA) is 29.3 Å². The van der Waals surface area contributed by atoms with Crippen LogP contribution < -0.4 is 5.32 Å². The third-order valence-corrected chi connectivity index (χ3v) is 4.42. The van der Waals surface area contributed by atoms with Crippen LogP contribution in [0.2, 0.25) is 0 Å². The maximum Gasteiger partial charge on any atom is 0.138 e. The lowest BCUT2D eigenvalue weighted by molar-refractivity contribution is 0.312. The number of hydrogen-bond acceptors (Lipinski definition) is 2. The van der Waals surface area contributed by atoms with Gasteiger partial charge in [-0.25, -0.2) is 4.98 Å². The zero-order valence-electron chi connectivity index (χ0n) is 11.7. The van der Waals surface area contributed by atoms with E-state index in [4.69, 9.17) is 0 Å². The summed E-state index contributed by atoms with van der Waals surface area (Å²) in [6.07, 6.45) is 12.1. The Morgan fingerprint density at radius 2 is 2.16 bits per heavy atom. The van der Waals surface area contributed by atoms with Crippen LogP contribution in [0.1, 0.15) is 45.4 Å². The Bertz CT molecular complexity index is 526. The number of nitrogens with one attached hydrogen (secondary N) is 1. The van der Waals surface area contributed by atoms with E-state index in [9.17, 15) is 0 Å². The standard InChI is InChI=1S/C16H23N3/c1-2-14(13-7-4-3-5-8-13)18-16-10-6-9-15-17-11-12-19(15)16/h6,9-14,18H,2-5,7-8H2,1H3. The van der Waals surface area contributed by atoms with Crippen LogP contribution in [-0.2, 0) is 0 Å². The molecular formula is C16H23N3. The fraction of sp³-hybridized carbons (Fsp3) is 0.562. The number of hydrogen-bond donors (Lipinski definition) is 1. The summed E-state index contributed by atoms with van der Waals surface area (Å²) in [5, 5.41) is 3.75. The van der Waals surface area contributed by atoms with E-state index in [1.165, 1.54) is 44.3 Å². The summed E-state index contributed by atoms with van der Waals surface area (Å²) in [7, 11) is 0. The van der Waals surface area contributed by atoms with E-state index in [1.807, 2.05) is 18.5 Å². The quantitative estimate of drug-likeness (QED) is 0.893. The average molecular weight is 257 g/mol. The van der Waals surface area contributed by atoms with Gasteiger partial charge in [-0.1, -0.05) is 32.3 Å². The Labute approximate surface area is 115 Å². The van der Waals surface area contributed by atoms with Gasteiger partial charge in [-0.15, -0.1) is 0 Å². The molecule has 2 aromatic rings. The molecule has 1 saturated carbocycles. The Kier molecular flexibility index (Phi) is 3.72. The van der Waals surface area contributed by atoms with Gasteiger partial charge >= 0.3 is 0 Å². The maximum atomic E-state index is 4.35.